The molecule has 0 radical (unpaired) electrons. The Labute approximate surface area is 121 Å². The summed E-state index contributed by atoms with van der Waals surface area (Å²) in [6.45, 7) is 6.46. The second-order valence-electron chi connectivity index (χ2n) is 6.34. The molecule has 4 atom stereocenters. The van der Waals surface area contributed by atoms with Crippen molar-refractivity contribution < 1.29 is 14.3 Å². The molecule has 110 valence electrons. The molecule has 0 bridgehead atoms. The van der Waals surface area contributed by atoms with E-state index < -0.39 is 5.97 Å². The van der Waals surface area contributed by atoms with E-state index in [4.69, 9.17) is 4.74 Å². The first-order chi connectivity index (χ1) is 9.49. The molecule has 0 aromatic heterocycles. The van der Waals surface area contributed by atoms with Gasteiger partial charge in [-0.25, -0.2) is 4.79 Å². The quantitative estimate of drug-likeness (QED) is 0.442. The predicted octanol–water partition coefficient (Wildman–Crippen LogP) is 2.97. The average molecular weight is 276 g/mol. The van der Waals surface area contributed by atoms with E-state index >= 15 is 0 Å². The van der Waals surface area contributed by atoms with Gasteiger partial charge in [-0.05, 0) is 43.9 Å². The van der Waals surface area contributed by atoms with Crippen LogP contribution < -0.4 is 0 Å². The van der Waals surface area contributed by atoms with E-state index in [9.17, 15) is 9.59 Å². The van der Waals surface area contributed by atoms with E-state index in [2.05, 4.69) is 25.7 Å². The zero-order valence-corrected chi connectivity index (χ0v) is 12.7. The minimum atomic E-state index is -0.446. The number of carbonyl (C=O) groups is 2. The van der Waals surface area contributed by atoms with Gasteiger partial charge in [0.2, 0.25) is 0 Å². The Kier molecular flexibility index (Phi) is 4.52. The third-order valence-corrected chi connectivity index (χ3v) is 5.22. The molecule has 2 rings (SSSR count). The first-order valence-electron chi connectivity index (χ1n) is 7.70. The standard InChI is InChI=1S/C17H24O3/c1-4-20-16(19)10-7-12(2)13-8-9-14-15(18)6-5-11-17(13,14)3/h12-14H,4-6,8-9,11H2,1-3H3/t12-,13-,14+,17-/m1/s1. The molecule has 0 aromatic rings. The smallest absolute Gasteiger partial charge is 0.384 e. The molecule has 0 spiro atoms. The van der Waals surface area contributed by atoms with E-state index in [0.717, 1.165) is 32.1 Å². The van der Waals surface area contributed by atoms with Crippen LogP contribution in [0.5, 0.6) is 0 Å². The van der Waals surface area contributed by atoms with Gasteiger partial charge in [-0.3, -0.25) is 4.79 Å². The number of esters is 1. The second kappa shape index (κ2) is 5.99. The number of ketones is 1. The fraction of sp³-hybridized carbons (Fsp3) is 0.765. The molecule has 0 saturated heterocycles. The van der Waals surface area contributed by atoms with Gasteiger partial charge < -0.3 is 4.74 Å². The molecule has 2 fully saturated rings. The van der Waals surface area contributed by atoms with E-state index in [1.165, 1.54) is 0 Å². The summed E-state index contributed by atoms with van der Waals surface area (Å²) in [6, 6.07) is 0. The van der Waals surface area contributed by atoms with E-state index in [-0.39, 0.29) is 17.3 Å². The first kappa shape index (κ1) is 15.1. The van der Waals surface area contributed by atoms with Crippen molar-refractivity contribution in [2.45, 2.75) is 52.9 Å². The van der Waals surface area contributed by atoms with Crippen molar-refractivity contribution in [3.63, 3.8) is 0 Å². The highest BCUT2D eigenvalue weighted by molar-refractivity contribution is 5.88. The molecular formula is C17H24O3. The van der Waals surface area contributed by atoms with Crippen LogP contribution in [0.3, 0.4) is 0 Å². The van der Waals surface area contributed by atoms with Crippen LogP contribution >= 0.6 is 0 Å². The Morgan fingerprint density at radius 2 is 2.25 bits per heavy atom. The van der Waals surface area contributed by atoms with Gasteiger partial charge in [0, 0.05) is 24.2 Å². The van der Waals surface area contributed by atoms with E-state index in [1.54, 1.807) is 6.92 Å². The maximum absolute atomic E-state index is 12.1. The van der Waals surface area contributed by atoms with Crippen LogP contribution in [0.15, 0.2) is 0 Å². The van der Waals surface area contributed by atoms with Gasteiger partial charge >= 0.3 is 5.97 Å². The van der Waals surface area contributed by atoms with E-state index in [0.29, 0.717) is 18.3 Å². The third kappa shape index (κ3) is 2.75. The lowest BCUT2D eigenvalue weighted by atomic mass is 9.62. The predicted molar refractivity (Wildman–Crippen MR) is 76.8 cm³/mol. The third-order valence-electron chi connectivity index (χ3n) is 5.22. The van der Waals surface area contributed by atoms with Crippen molar-refractivity contribution in [1.82, 2.24) is 0 Å². The Hall–Kier alpha value is -1.30. The Bertz CT molecular complexity index is 457. The van der Waals surface area contributed by atoms with Crippen LogP contribution in [-0.2, 0) is 14.3 Å². The van der Waals surface area contributed by atoms with Gasteiger partial charge in [-0.2, -0.15) is 0 Å². The molecule has 2 aliphatic carbocycles. The molecule has 0 unspecified atom stereocenters. The molecule has 3 heteroatoms. The van der Waals surface area contributed by atoms with Crippen molar-refractivity contribution in [2.75, 3.05) is 6.61 Å². The maximum atomic E-state index is 12.1. The van der Waals surface area contributed by atoms with Gasteiger partial charge in [0.15, 0.2) is 0 Å². The summed E-state index contributed by atoms with van der Waals surface area (Å²) in [6.07, 6.45) is 4.90. The van der Waals surface area contributed by atoms with Crippen LogP contribution in [0.4, 0.5) is 0 Å². The highest BCUT2D eigenvalue weighted by Crippen LogP contribution is 2.56. The minimum absolute atomic E-state index is 0.0814. The van der Waals surface area contributed by atoms with Crippen molar-refractivity contribution in [1.29, 1.82) is 0 Å². The SMILES string of the molecule is CCOC(=O)C#C[C@@H](C)[C@H]1CC[C@H]2C(=O)CCC[C@]12C. The fourth-order valence-corrected chi connectivity index (χ4v) is 4.23. The molecule has 0 amide bonds. The molecule has 3 nitrogen and oxygen atoms in total. The number of fused-ring (bicyclic) bond motifs is 1. The molecule has 20 heavy (non-hydrogen) atoms. The molecule has 2 aliphatic rings. The number of ether oxygens (including phenoxy) is 1. The molecular weight excluding hydrogens is 252 g/mol. The molecule has 0 N–H and O–H groups in total. The number of Topliss-reactive ketones (excluding diaryl/α,β-unsaturated/α-hetero) is 1. The highest BCUT2D eigenvalue weighted by Gasteiger charge is 2.52. The molecule has 0 aliphatic heterocycles. The lowest BCUT2D eigenvalue weighted by Crippen LogP contribution is -2.39. The summed E-state index contributed by atoms with van der Waals surface area (Å²) >= 11 is 0. The van der Waals surface area contributed by atoms with Crippen molar-refractivity contribution in [3.05, 3.63) is 0 Å². The Balaban J connectivity index is 2.09. The number of hydrogen-bond donors (Lipinski definition) is 0. The maximum Gasteiger partial charge on any atom is 0.384 e. The summed E-state index contributed by atoms with van der Waals surface area (Å²) in [5, 5.41) is 0. The average Bonchev–Trinajstić information content (AvgIpc) is 2.75. The topological polar surface area (TPSA) is 43.4 Å². The monoisotopic (exact) mass is 276 g/mol. The molecule has 2 saturated carbocycles. The summed E-state index contributed by atoms with van der Waals surface area (Å²) in [5.41, 5.74) is 0.0814. The van der Waals surface area contributed by atoms with Crippen LogP contribution in [0.2, 0.25) is 0 Å². The zero-order valence-electron chi connectivity index (χ0n) is 12.7. The summed E-state index contributed by atoms with van der Waals surface area (Å²) in [4.78, 5) is 23.4. The lowest BCUT2D eigenvalue weighted by molar-refractivity contribution is -0.136. The molecule has 0 heterocycles. The van der Waals surface area contributed by atoms with Crippen LogP contribution in [-0.4, -0.2) is 18.4 Å². The minimum Gasteiger partial charge on any atom is -0.456 e. The second-order valence-corrected chi connectivity index (χ2v) is 6.34. The van der Waals surface area contributed by atoms with E-state index in [1.807, 2.05) is 0 Å². The lowest BCUT2D eigenvalue weighted by Gasteiger charge is -2.41. The largest absolute Gasteiger partial charge is 0.456 e. The Morgan fingerprint density at radius 3 is 2.95 bits per heavy atom. The zero-order chi connectivity index (χ0) is 14.8. The summed E-state index contributed by atoms with van der Waals surface area (Å²) in [5.74, 6) is 6.40. The number of carbonyl (C=O) groups excluding carboxylic acids is 2. The van der Waals surface area contributed by atoms with Gasteiger partial charge in [0.05, 0.1) is 6.61 Å². The highest BCUT2D eigenvalue weighted by atomic mass is 16.5. The van der Waals surface area contributed by atoms with Crippen molar-refractivity contribution >= 4 is 11.8 Å². The van der Waals surface area contributed by atoms with Gasteiger partial charge in [-0.15, -0.1) is 0 Å². The van der Waals surface area contributed by atoms with Crippen molar-refractivity contribution in [2.24, 2.45) is 23.2 Å². The Morgan fingerprint density at radius 1 is 1.50 bits per heavy atom. The van der Waals surface area contributed by atoms with Gasteiger partial charge in [0.25, 0.3) is 0 Å². The van der Waals surface area contributed by atoms with Crippen molar-refractivity contribution in [3.8, 4) is 11.8 Å². The van der Waals surface area contributed by atoms with Gasteiger partial charge in [-0.1, -0.05) is 19.8 Å². The van der Waals surface area contributed by atoms with Gasteiger partial charge in [0.1, 0.15) is 5.78 Å². The fourth-order valence-electron chi connectivity index (χ4n) is 4.23. The summed E-state index contributed by atoms with van der Waals surface area (Å²) < 4.78 is 4.84. The number of rotatable bonds is 2. The van der Waals surface area contributed by atoms with Crippen LogP contribution in [0, 0.1) is 35.0 Å². The first-order valence-corrected chi connectivity index (χ1v) is 7.70. The normalized spacial score (nSPS) is 33.9. The number of hydrogen-bond acceptors (Lipinski definition) is 3. The molecule has 0 aromatic carbocycles. The van der Waals surface area contributed by atoms with Crippen LogP contribution in [0.1, 0.15) is 52.9 Å². The van der Waals surface area contributed by atoms with Crippen LogP contribution in [0.25, 0.3) is 0 Å². The summed E-state index contributed by atoms with van der Waals surface area (Å²) in [7, 11) is 0.